The molecule has 2 bridgehead atoms. The molecule has 3 saturated carbocycles. The molecule has 5 aliphatic rings. The molecule has 0 spiro atoms. The summed E-state index contributed by atoms with van der Waals surface area (Å²) < 4.78 is 1.82. The van der Waals surface area contributed by atoms with Crippen molar-refractivity contribution in [2.45, 2.75) is 85.5 Å². The van der Waals surface area contributed by atoms with E-state index >= 15 is 0 Å². The zero-order valence-corrected chi connectivity index (χ0v) is 33.0. The van der Waals surface area contributed by atoms with E-state index in [9.17, 15) is 10.1 Å². The van der Waals surface area contributed by atoms with Gasteiger partial charge < -0.3 is 24.9 Å². The number of hydrogen-bond acceptors (Lipinski definition) is 7. The van der Waals surface area contributed by atoms with Gasteiger partial charge in [0.2, 0.25) is 5.95 Å². The maximum atomic E-state index is 14.3. The highest BCUT2D eigenvalue weighted by atomic mass is 35.5. The Kier molecular flexibility index (Phi) is 10.4. The minimum atomic E-state index is -0.0587. The molecule has 0 unspecified atom stereocenters. The number of fused-ring (bicyclic) bond motifs is 3. The highest BCUT2D eigenvalue weighted by molar-refractivity contribution is 6.35. The Morgan fingerprint density at radius 3 is 2.40 bits per heavy atom. The number of likely N-dealkylation sites (N-methyl/N-ethyl adjacent to an activating group) is 1. The lowest BCUT2D eigenvalue weighted by Crippen LogP contribution is -2.59. The lowest BCUT2D eigenvalue weighted by molar-refractivity contribution is -0.108. The van der Waals surface area contributed by atoms with E-state index in [4.69, 9.17) is 33.2 Å². The summed E-state index contributed by atoms with van der Waals surface area (Å²) in [5, 5.41) is 15.3. The van der Waals surface area contributed by atoms with Gasteiger partial charge in [-0.05, 0) is 98.7 Å². The van der Waals surface area contributed by atoms with E-state index in [-0.39, 0.29) is 23.7 Å². The first kappa shape index (κ1) is 36.8. The number of nitrogens with zero attached hydrogens (tertiary/aromatic N) is 8. The number of aromatic nitrogens is 2. The number of piperazine rings is 2. The van der Waals surface area contributed by atoms with Crippen molar-refractivity contribution >= 4 is 51.7 Å². The maximum Gasteiger partial charge on any atom is 0.262 e. The zero-order chi connectivity index (χ0) is 36.9. The van der Waals surface area contributed by atoms with Crippen LogP contribution in [-0.2, 0) is 13.0 Å². The van der Waals surface area contributed by atoms with E-state index in [1.54, 1.807) is 6.07 Å². The third kappa shape index (κ3) is 6.97. The number of rotatable bonds is 7. The van der Waals surface area contributed by atoms with Crippen LogP contribution >= 0.6 is 23.2 Å². The summed E-state index contributed by atoms with van der Waals surface area (Å²) in [6.45, 7) is 19.9. The second-order valence-corrected chi connectivity index (χ2v) is 17.1. The molecule has 8 rings (SSSR count). The van der Waals surface area contributed by atoms with Gasteiger partial charge in [-0.2, -0.15) is 5.26 Å². The summed E-state index contributed by atoms with van der Waals surface area (Å²) in [7, 11) is 0. The lowest BCUT2D eigenvalue weighted by Gasteiger charge is -2.61. The molecule has 6 atom stereocenters. The summed E-state index contributed by atoms with van der Waals surface area (Å²) in [6.07, 6.45) is 5.37. The van der Waals surface area contributed by atoms with Crippen LogP contribution in [0.5, 0.6) is 0 Å². The number of nitriles is 1. The molecule has 0 radical (unpaired) electrons. The van der Waals surface area contributed by atoms with Crippen LogP contribution in [-0.4, -0.2) is 94.1 Å². The molecule has 2 aliphatic heterocycles. The Morgan fingerprint density at radius 1 is 1.04 bits per heavy atom. The Morgan fingerprint density at radius 2 is 1.77 bits per heavy atom. The largest absolute Gasteiger partial charge is 0.340 e. The standard InChI is InChI=1S/C40H53Cl2N9O/c1-7-47-14-16-48(17-15-47)39-46-36-21-31(10-11-32(36)37(52)50(39)13-12-28-8-9-30(41)20-34(28)42)44-38(49-22-25(2)51(24-43)26(3)23-49)45-35-19-29-18-33(27(35)4)40(29,5)6/h8-11,20-21,25-27,29,33,35H,7,12-19,22-23H2,1-6H3,(H,44,45)/t25-,26+,27-,29-,33-,35+/m1/s1. The van der Waals surface area contributed by atoms with Gasteiger partial charge in [-0.3, -0.25) is 9.36 Å². The van der Waals surface area contributed by atoms with Crippen LogP contribution < -0.4 is 15.8 Å². The fourth-order valence-corrected chi connectivity index (χ4v) is 9.92. The average Bonchev–Trinajstić information content (AvgIpc) is 3.12. The molecule has 52 heavy (non-hydrogen) atoms. The van der Waals surface area contributed by atoms with Gasteiger partial charge >= 0.3 is 0 Å². The minimum absolute atomic E-state index is 0.0587. The van der Waals surface area contributed by atoms with Crippen LogP contribution in [0.25, 0.3) is 10.9 Å². The van der Waals surface area contributed by atoms with Gasteiger partial charge in [-0.1, -0.05) is 57.0 Å². The molecule has 0 amide bonds. The van der Waals surface area contributed by atoms with Gasteiger partial charge in [0.05, 0.1) is 29.0 Å². The van der Waals surface area contributed by atoms with Gasteiger partial charge in [-0.25, -0.2) is 9.98 Å². The Balaban J connectivity index is 1.23. The number of aliphatic imine (C=N–C) groups is 1. The second-order valence-electron chi connectivity index (χ2n) is 16.2. The Bertz CT molecular complexity index is 1920. The third-order valence-electron chi connectivity index (χ3n) is 12.8. The van der Waals surface area contributed by atoms with Crippen LogP contribution in [0.4, 0.5) is 11.6 Å². The van der Waals surface area contributed by atoms with Gasteiger partial charge in [0.15, 0.2) is 12.2 Å². The van der Waals surface area contributed by atoms with E-state index in [2.05, 4.69) is 67.8 Å². The normalized spacial score (nSPS) is 27.8. The maximum absolute atomic E-state index is 14.3. The van der Waals surface area contributed by atoms with Crippen LogP contribution in [0.15, 0.2) is 46.2 Å². The Labute approximate surface area is 318 Å². The molecule has 1 aromatic heterocycles. The molecule has 3 aromatic rings. The predicted octanol–water partition coefficient (Wildman–Crippen LogP) is 6.80. The number of aryl methyl sites for hydroxylation is 1. The molecular formula is C40H53Cl2N9O. The second kappa shape index (κ2) is 14.7. The highest BCUT2D eigenvalue weighted by Crippen LogP contribution is 2.61. The molecule has 5 fully saturated rings. The fourth-order valence-electron chi connectivity index (χ4n) is 9.42. The lowest BCUT2D eigenvalue weighted by atomic mass is 9.45. The smallest absolute Gasteiger partial charge is 0.262 e. The van der Waals surface area contributed by atoms with Crippen molar-refractivity contribution in [3.05, 3.63) is 62.4 Å². The fraction of sp³-hybridized carbons (Fsp3) is 0.600. The number of anilines is 2. The first-order valence-corrected chi connectivity index (χ1v) is 19.9. The predicted molar refractivity (Wildman–Crippen MR) is 212 cm³/mol. The van der Waals surface area contributed by atoms with Crippen molar-refractivity contribution in [3.8, 4) is 6.19 Å². The van der Waals surface area contributed by atoms with Crippen molar-refractivity contribution < 1.29 is 0 Å². The summed E-state index contributed by atoms with van der Waals surface area (Å²) >= 11 is 12.7. The van der Waals surface area contributed by atoms with Crippen molar-refractivity contribution in [2.75, 3.05) is 56.0 Å². The van der Waals surface area contributed by atoms with Crippen molar-refractivity contribution in [1.82, 2.24) is 24.3 Å². The monoisotopic (exact) mass is 745 g/mol. The summed E-state index contributed by atoms with van der Waals surface area (Å²) in [5.74, 6) is 3.39. The molecule has 3 aliphatic carbocycles. The first-order chi connectivity index (χ1) is 24.9. The van der Waals surface area contributed by atoms with Crippen LogP contribution in [0.3, 0.4) is 0 Å². The van der Waals surface area contributed by atoms with Crippen molar-refractivity contribution in [3.63, 3.8) is 0 Å². The van der Waals surface area contributed by atoms with E-state index in [0.29, 0.717) is 76.1 Å². The van der Waals surface area contributed by atoms with Crippen molar-refractivity contribution in [1.29, 1.82) is 5.26 Å². The molecular weight excluding hydrogens is 693 g/mol. The molecule has 1 N–H and O–H groups in total. The van der Waals surface area contributed by atoms with Gasteiger partial charge in [0, 0.05) is 61.5 Å². The molecule has 3 heterocycles. The summed E-state index contributed by atoms with van der Waals surface area (Å²) in [5.41, 5.74) is 2.77. The van der Waals surface area contributed by atoms with Gasteiger partial charge in [0.1, 0.15) is 0 Å². The number of hydrogen-bond donors (Lipinski definition) is 1. The van der Waals surface area contributed by atoms with E-state index < -0.39 is 0 Å². The zero-order valence-electron chi connectivity index (χ0n) is 31.4. The van der Waals surface area contributed by atoms with Crippen LogP contribution in [0, 0.1) is 34.6 Å². The Hall–Kier alpha value is -3.52. The molecule has 2 saturated heterocycles. The van der Waals surface area contributed by atoms with Crippen LogP contribution in [0.1, 0.15) is 59.9 Å². The summed E-state index contributed by atoms with van der Waals surface area (Å²) in [4.78, 5) is 33.9. The highest BCUT2D eigenvalue weighted by Gasteiger charge is 2.56. The molecule has 10 nitrogen and oxygen atoms in total. The minimum Gasteiger partial charge on any atom is -0.340 e. The van der Waals surface area contributed by atoms with E-state index in [1.807, 2.05) is 39.8 Å². The summed E-state index contributed by atoms with van der Waals surface area (Å²) in [6, 6.07) is 11.7. The first-order valence-electron chi connectivity index (χ1n) is 19.1. The number of halogens is 2. The molecule has 278 valence electrons. The van der Waals surface area contributed by atoms with Crippen LogP contribution in [0.2, 0.25) is 10.0 Å². The van der Waals surface area contributed by atoms with Crippen molar-refractivity contribution in [2.24, 2.45) is 28.2 Å². The van der Waals surface area contributed by atoms with Gasteiger partial charge in [0.25, 0.3) is 5.56 Å². The SMILES string of the molecule is CCN1CCN(c2nc3cc(NC(=N[C@H]4C[C@H]5C[C@H]([C@H]4C)C5(C)C)N4C[C@@H](C)N(C#N)[C@@H](C)C4)ccc3c(=O)n2CCc2ccc(Cl)cc2Cl)CC1. The topological polar surface area (TPSA) is 96.0 Å². The van der Waals surface area contributed by atoms with E-state index in [1.165, 1.54) is 6.42 Å². The molecule has 2 aromatic carbocycles. The molecule has 12 heteroatoms. The number of benzene rings is 2. The number of guanidine groups is 1. The number of nitrogens with one attached hydrogen (secondary N) is 1. The average molecular weight is 747 g/mol. The third-order valence-corrected chi connectivity index (χ3v) is 13.4. The van der Waals surface area contributed by atoms with E-state index in [0.717, 1.165) is 56.4 Å². The van der Waals surface area contributed by atoms with Gasteiger partial charge in [-0.15, -0.1) is 0 Å². The quantitative estimate of drug-likeness (QED) is 0.160.